The van der Waals surface area contributed by atoms with Crippen LogP contribution in [0.3, 0.4) is 0 Å². The minimum Gasteiger partial charge on any atom is -0.334 e. The summed E-state index contributed by atoms with van der Waals surface area (Å²) in [5.74, 6) is -0.249. The summed E-state index contributed by atoms with van der Waals surface area (Å²) in [6.45, 7) is 4.84. The molecule has 0 aliphatic carbocycles. The zero-order valence-corrected chi connectivity index (χ0v) is 15.8. The second-order valence-electron chi connectivity index (χ2n) is 7.59. The van der Waals surface area contributed by atoms with E-state index < -0.39 is 6.55 Å². The maximum Gasteiger partial charge on any atom is 0.319 e. The summed E-state index contributed by atoms with van der Waals surface area (Å²) < 4.78 is 27.6. The van der Waals surface area contributed by atoms with Gasteiger partial charge in [-0.2, -0.15) is 8.78 Å². The lowest BCUT2D eigenvalue weighted by Crippen LogP contribution is -2.48. The van der Waals surface area contributed by atoms with Crippen molar-refractivity contribution >= 4 is 5.91 Å². The van der Waals surface area contributed by atoms with Crippen molar-refractivity contribution in [3.8, 4) is 0 Å². The predicted octanol–water partition coefficient (Wildman–Crippen LogP) is 2.82. The van der Waals surface area contributed by atoms with E-state index in [1.807, 2.05) is 4.90 Å². The van der Waals surface area contributed by atoms with Gasteiger partial charge in [-0.3, -0.25) is 9.36 Å². The molecule has 26 heavy (non-hydrogen) atoms. The molecule has 1 aromatic heterocycles. The Labute approximate surface area is 154 Å². The predicted molar refractivity (Wildman–Crippen MR) is 97.7 cm³/mol. The standard InChI is InChI=1S/C19H30F2N4O/c1-15-6-7-17(25(15)19(20)21)18(26)24-9-4-3-5-16(24)8-10-23-13-11-22(2)12-14-23/h6-7,16,19H,3-5,8-14H2,1-2H3/t16-/m1/s1. The number of rotatable bonds is 5. The molecule has 0 aromatic carbocycles. The molecule has 0 radical (unpaired) electrons. The molecule has 3 heterocycles. The molecule has 2 aliphatic heterocycles. The Bertz CT molecular complexity index is 611. The molecule has 1 atom stereocenters. The smallest absolute Gasteiger partial charge is 0.319 e. The summed E-state index contributed by atoms with van der Waals surface area (Å²) in [5.41, 5.74) is 0.540. The maximum atomic E-state index is 13.4. The van der Waals surface area contributed by atoms with Crippen molar-refractivity contribution in [2.45, 2.75) is 45.2 Å². The number of halogens is 2. The number of aromatic nitrogens is 1. The van der Waals surface area contributed by atoms with E-state index >= 15 is 0 Å². The normalized spacial score (nSPS) is 23.0. The van der Waals surface area contributed by atoms with Crippen molar-refractivity contribution in [1.29, 1.82) is 0 Å². The number of carbonyl (C=O) groups is 1. The molecule has 2 saturated heterocycles. The summed E-state index contributed by atoms with van der Waals surface area (Å²) in [6, 6.07) is 3.29. The van der Waals surface area contributed by atoms with Crippen molar-refractivity contribution in [2.24, 2.45) is 0 Å². The summed E-state index contributed by atoms with van der Waals surface area (Å²) in [5, 5.41) is 0. The molecular weight excluding hydrogens is 338 g/mol. The average Bonchev–Trinajstić information content (AvgIpc) is 3.03. The first-order valence-corrected chi connectivity index (χ1v) is 9.65. The van der Waals surface area contributed by atoms with Crippen LogP contribution in [-0.4, -0.2) is 77.5 Å². The summed E-state index contributed by atoms with van der Waals surface area (Å²) in [6.07, 6.45) is 3.94. The first-order valence-electron chi connectivity index (χ1n) is 9.65. The van der Waals surface area contributed by atoms with Gasteiger partial charge in [0.1, 0.15) is 5.69 Å². The number of hydrogen-bond donors (Lipinski definition) is 0. The highest BCUT2D eigenvalue weighted by molar-refractivity contribution is 5.93. The van der Waals surface area contributed by atoms with Crippen LogP contribution in [0.2, 0.25) is 0 Å². The Morgan fingerprint density at radius 2 is 1.88 bits per heavy atom. The third kappa shape index (κ3) is 4.26. The Morgan fingerprint density at radius 1 is 1.15 bits per heavy atom. The minimum absolute atomic E-state index is 0.115. The van der Waals surface area contributed by atoms with Crippen LogP contribution in [0.1, 0.15) is 48.4 Å². The van der Waals surface area contributed by atoms with Gasteiger partial charge in [0.15, 0.2) is 0 Å². The quantitative estimate of drug-likeness (QED) is 0.801. The molecule has 2 aliphatic rings. The zero-order valence-electron chi connectivity index (χ0n) is 15.8. The lowest BCUT2D eigenvalue weighted by Gasteiger charge is -2.38. The van der Waals surface area contributed by atoms with Gasteiger partial charge in [0.25, 0.3) is 5.91 Å². The molecule has 2 fully saturated rings. The molecule has 1 aromatic rings. The molecule has 1 amide bonds. The highest BCUT2D eigenvalue weighted by atomic mass is 19.3. The zero-order chi connectivity index (χ0) is 18.7. The van der Waals surface area contributed by atoms with Crippen LogP contribution in [0, 0.1) is 6.92 Å². The molecular formula is C19H30F2N4O. The van der Waals surface area contributed by atoms with Crippen LogP contribution in [0.4, 0.5) is 8.78 Å². The monoisotopic (exact) mass is 368 g/mol. The number of carbonyl (C=O) groups excluding carboxylic acids is 1. The van der Waals surface area contributed by atoms with E-state index in [4.69, 9.17) is 0 Å². The van der Waals surface area contributed by atoms with E-state index in [1.165, 1.54) is 6.07 Å². The van der Waals surface area contributed by atoms with Crippen LogP contribution >= 0.6 is 0 Å². The van der Waals surface area contributed by atoms with Gasteiger partial charge < -0.3 is 14.7 Å². The highest BCUT2D eigenvalue weighted by Crippen LogP contribution is 2.25. The van der Waals surface area contributed by atoms with Gasteiger partial charge in [0, 0.05) is 51.0 Å². The van der Waals surface area contributed by atoms with Crippen molar-refractivity contribution in [3.63, 3.8) is 0 Å². The molecule has 0 unspecified atom stereocenters. The fourth-order valence-electron chi connectivity index (χ4n) is 4.10. The fraction of sp³-hybridized carbons (Fsp3) is 0.737. The van der Waals surface area contributed by atoms with Crippen LogP contribution in [0.15, 0.2) is 12.1 Å². The van der Waals surface area contributed by atoms with Crippen LogP contribution in [0.5, 0.6) is 0 Å². The van der Waals surface area contributed by atoms with E-state index in [1.54, 1.807) is 13.0 Å². The number of likely N-dealkylation sites (N-methyl/N-ethyl adjacent to an activating group) is 1. The van der Waals surface area contributed by atoms with Gasteiger partial charge in [-0.05, 0) is 51.8 Å². The minimum atomic E-state index is -2.68. The third-order valence-corrected chi connectivity index (χ3v) is 5.80. The first kappa shape index (κ1) is 19.3. The molecule has 7 heteroatoms. The SMILES string of the molecule is Cc1ccc(C(=O)N2CCCC[C@@H]2CCN2CCN(C)CC2)n1C(F)F. The second-order valence-corrected chi connectivity index (χ2v) is 7.59. The Hall–Kier alpha value is -1.47. The molecule has 146 valence electrons. The van der Waals surface area contributed by atoms with Gasteiger partial charge in [-0.25, -0.2) is 0 Å². The molecule has 0 N–H and O–H groups in total. The summed E-state index contributed by atoms with van der Waals surface area (Å²) >= 11 is 0. The van der Waals surface area contributed by atoms with Crippen molar-refractivity contribution in [2.75, 3.05) is 46.3 Å². The highest BCUT2D eigenvalue weighted by Gasteiger charge is 2.31. The number of amides is 1. The largest absolute Gasteiger partial charge is 0.334 e. The van der Waals surface area contributed by atoms with Gasteiger partial charge in [0.2, 0.25) is 0 Å². The number of piperazine rings is 1. The average molecular weight is 368 g/mol. The summed E-state index contributed by atoms with van der Waals surface area (Å²) in [4.78, 5) is 19.6. The molecule has 0 bridgehead atoms. The number of nitrogens with zero attached hydrogens (tertiary/aromatic N) is 4. The number of hydrogen-bond acceptors (Lipinski definition) is 3. The van der Waals surface area contributed by atoms with E-state index in [9.17, 15) is 13.6 Å². The third-order valence-electron chi connectivity index (χ3n) is 5.80. The van der Waals surface area contributed by atoms with Gasteiger partial charge >= 0.3 is 6.55 Å². The fourth-order valence-corrected chi connectivity index (χ4v) is 4.10. The van der Waals surface area contributed by atoms with E-state index in [2.05, 4.69) is 16.8 Å². The van der Waals surface area contributed by atoms with Crippen LogP contribution < -0.4 is 0 Å². The Kier molecular flexibility index (Phi) is 6.29. The van der Waals surface area contributed by atoms with E-state index in [0.29, 0.717) is 12.2 Å². The van der Waals surface area contributed by atoms with Crippen LogP contribution in [-0.2, 0) is 0 Å². The topological polar surface area (TPSA) is 31.7 Å². The lowest BCUT2D eigenvalue weighted by molar-refractivity contribution is 0.0451. The van der Waals surface area contributed by atoms with Crippen molar-refractivity contribution in [1.82, 2.24) is 19.3 Å². The Balaban J connectivity index is 1.66. The Morgan fingerprint density at radius 3 is 2.58 bits per heavy atom. The number of aryl methyl sites for hydroxylation is 1. The first-order chi connectivity index (χ1) is 12.5. The summed E-state index contributed by atoms with van der Waals surface area (Å²) in [7, 11) is 2.14. The van der Waals surface area contributed by atoms with Gasteiger partial charge in [0.05, 0.1) is 0 Å². The van der Waals surface area contributed by atoms with Crippen LogP contribution in [0.25, 0.3) is 0 Å². The number of piperidine rings is 1. The molecule has 5 nitrogen and oxygen atoms in total. The van der Waals surface area contributed by atoms with Crippen molar-refractivity contribution in [3.05, 3.63) is 23.5 Å². The van der Waals surface area contributed by atoms with Gasteiger partial charge in [-0.15, -0.1) is 0 Å². The van der Waals surface area contributed by atoms with Crippen molar-refractivity contribution < 1.29 is 13.6 Å². The lowest BCUT2D eigenvalue weighted by atomic mass is 9.98. The van der Waals surface area contributed by atoms with E-state index in [0.717, 1.165) is 63.0 Å². The van der Waals surface area contributed by atoms with Gasteiger partial charge in [-0.1, -0.05) is 0 Å². The number of alkyl halides is 2. The second kappa shape index (κ2) is 8.48. The molecule has 0 spiro atoms. The molecule has 0 saturated carbocycles. The molecule has 3 rings (SSSR count). The van der Waals surface area contributed by atoms with E-state index in [-0.39, 0.29) is 17.6 Å². The number of likely N-dealkylation sites (tertiary alicyclic amines) is 1. The maximum absolute atomic E-state index is 13.4.